The third kappa shape index (κ3) is 3.32. The van der Waals surface area contributed by atoms with E-state index in [-0.39, 0.29) is 18.0 Å². The average Bonchev–Trinajstić information content (AvgIpc) is 2.61. The standard InChI is InChI=1S/C11H18N2O3/c1-3-5-6-7-13-10(14)8-9(12-13)11(15)16-4-2/h3-8H2,1-2H3. The smallest absolute Gasteiger partial charge is 0.355 e. The zero-order valence-corrected chi connectivity index (χ0v) is 9.86. The van der Waals surface area contributed by atoms with Crippen LogP contribution in [0.5, 0.6) is 0 Å². The fraction of sp³-hybridized carbons (Fsp3) is 0.727. The summed E-state index contributed by atoms with van der Waals surface area (Å²) in [7, 11) is 0. The molecule has 5 nitrogen and oxygen atoms in total. The summed E-state index contributed by atoms with van der Waals surface area (Å²) in [6, 6.07) is 0. The maximum atomic E-state index is 11.5. The lowest BCUT2D eigenvalue weighted by Gasteiger charge is -2.10. The highest BCUT2D eigenvalue weighted by Gasteiger charge is 2.28. The van der Waals surface area contributed by atoms with E-state index >= 15 is 0 Å². The molecule has 0 aliphatic carbocycles. The molecule has 1 amide bonds. The van der Waals surface area contributed by atoms with Gasteiger partial charge in [-0.2, -0.15) is 5.10 Å². The van der Waals surface area contributed by atoms with Gasteiger partial charge >= 0.3 is 5.97 Å². The van der Waals surface area contributed by atoms with E-state index in [0.717, 1.165) is 19.3 Å². The van der Waals surface area contributed by atoms with E-state index in [4.69, 9.17) is 4.74 Å². The van der Waals surface area contributed by atoms with Gasteiger partial charge in [-0.05, 0) is 13.3 Å². The second kappa shape index (κ2) is 6.25. The molecule has 1 heterocycles. The highest BCUT2D eigenvalue weighted by atomic mass is 16.5. The van der Waals surface area contributed by atoms with Gasteiger partial charge in [0.2, 0.25) is 5.91 Å². The maximum Gasteiger partial charge on any atom is 0.355 e. The van der Waals surface area contributed by atoms with E-state index in [1.807, 2.05) is 0 Å². The van der Waals surface area contributed by atoms with Gasteiger partial charge in [0, 0.05) is 6.54 Å². The molecule has 0 radical (unpaired) electrons. The van der Waals surface area contributed by atoms with Crippen molar-refractivity contribution < 1.29 is 14.3 Å². The number of unbranched alkanes of at least 4 members (excludes halogenated alkanes) is 2. The van der Waals surface area contributed by atoms with Crippen molar-refractivity contribution in [3.8, 4) is 0 Å². The first-order valence-electron chi connectivity index (χ1n) is 5.74. The van der Waals surface area contributed by atoms with E-state index in [1.165, 1.54) is 5.01 Å². The Morgan fingerprint density at radius 2 is 2.19 bits per heavy atom. The lowest BCUT2D eigenvalue weighted by molar-refractivity contribution is -0.135. The monoisotopic (exact) mass is 226 g/mol. The van der Waals surface area contributed by atoms with E-state index in [1.54, 1.807) is 6.92 Å². The SMILES string of the molecule is CCCCCN1N=C(C(=O)OCC)CC1=O. The van der Waals surface area contributed by atoms with Crippen molar-refractivity contribution in [3.63, 3.8) is 0 Å². The summed E-state index contributed by atoms with van der Waals surface area (Å²) >= 11 is 0. The Morgan fingerprint density at radius 1 is 1.44 bits per heavy atom. The van der Waals surface area contributed by atoms with Crippen LogP contribution in [0.15, 0.2) is 5.10 Å². The Kier molecular flexibility index (Phi) is 4.95. The van der Waals surface area contributed by atoms with Crippen LogP contribution in [0.2, 0.25) is 0 Å². The Balaban J connectivity index is 2.47. The van der Waals surface area contributed by atoms with Crippen molar-refractivity contribution in [1.29, 1.82) is 0 Å². The first-order chi connectivity index (χ1) is 7.69. The largest absolute Gasteiger partial charge is 0.461 e. The van der Waals surface area contributed by atoms with E-state index < -0.39 is 5.97 Å². The summed E-state index contributed by atoms with van der Waals surface area (Å²) in [6.07, 6.45) is 3.15. The zero-order valence-electron chi connectivity index (χ0n) is 9.86. The first-order valence-corrected chi connectivity index (χ1v) is 5.74. The number of nitrogens with zero attached hydrogens (tertiary/aromatic N) is 2. The second-order valence-corrected chi connectivity index (χ2v) is 3.67. The molecule has 0 atom stereocenters. The summed E-state index contributed by atoms with van der Waals surface area (Å²) in [6.45, 7) is 4.73. The van der Waals surface area contributed by atoms with Gasteiger partial charge in [0.15, 0.2) is 5.71 Å². The summed E-state index contributed by atoms with van der Waals surface area (Å²) in [5.41, 5.74) is 0.225. The molecule has 0 fully saturated rings. The number of ether oxygens (including phenoxy) is 1. The van der Waals surface area contributed by atoms with Crippen LogP contribution in [0.3, 0.4) is 0 Å². The third-order valence-corrected chi connectivity index (χ3v) is 2.33. The minimum atomic E-state index is -0.478. The first kappa shape index (κ1) is 12.7. The van der Waals surface area contributed by atoms with E-state index in [0.29, 0.717) is 13.2 Å². The molecule has 16 heavy (non-hydrogen) atoms. The molecule has 1 aliphatic heterocycles. The Hall–Kier alpha value is -1.39. The molecule has 0 saturated heterocycles. The summed E-state index contributed by atoms with van der Waals surface area (Å²) in [5.74, 6) is -0.590. The number of hydrogen-bond acceptors (Lipinski definition) is 4. The molecule has 0 aromatic carbocycles. The van der Waals surface area contributed by atoms with Crippen molar-refractivity contribution >= 4 is 17.6 Å². The molecule has 0 N–H and O–H groups in total. The normalized spacial score (nSPS) is 15.2. The van der Waals surface area contributed by atoms with Crippen molar-refractivity contribution in [2.24, 2.45) is 5.10 Å². The van der Waals surface area contributed by atoms with Crippen molar-refractivity contribution in [2.75, 3.05) is 13.2 Å². The van der Waals surface area contributed by atoms with Crippen molar-refractivity contribution in [1.82, 2.24) is 5.01 Å². The minimum Gasteiger partial charge on any atom is -0.461 e. The quantitative estimate of drug-likeness (QED) is 0.507. The second-order valence-electron chi connectivity index (χ2n) is 3.67. The number of carbonyl (C=O) groups is 2. The number of carbonyl (C=O) groups excluding carboxylic acids is 2. The third-order valence-electron chi connectivity index (χ3n) is 2.33. The topological polar surface area (TPSA) is 59.0 Å². The number of hydrogen-bond donors (Lipinski definition) is 0. The van der Waals surface area contributed by atoms with Crippen molar-refractivity contribution in [2.45, 2.75) is 39.5 Å². The van der Waals surface area contributed by atoms with Gasteiger partial charge in [0.05, 0.1) is 13.0 Å². The molecular formula is C11H18N2O3. The predicted octanol–water partition coefficient (Wildman–Crippen LogP) is 1.33. The number of rotatable bonds is 6. The van der Waals surface area contributed by atoms with Crippen LogP contribution in [0, 0.1) is 0 Å². The number of esters is 1. The van der Waals surface area contributed by atoms with Gasteiger partial charge in [-0.3, -0.25) is 4.79 Å². The minimum absolute atomic E-state index is 0.0744. The molecule has 90 valence electrons. The van der Waals surface area contributed by atoms with Crippen LogP contribution in [0.1, 0.15) is 39.5 Å². The van der Waals surface area contributed by atoms with Crippen LogP contribution >= 0.6 is 0 Å². The summed E-state index contributed by atoms with van der Waals surface area (Å²) < 4.78 is 4.80. The maximum absolute atomic E-state index is 11.5. The van der Waals surface area contributed by atoms with Crippen LogP contribution in [0.25, 0.3) is 0 Å². The van der Waals surface area contributed by atoms with Gasteiger partial charge in [0.1, 0.15) is 0 Å². The molecule has 1 aliphatic rings. The fourth-order valence-electron chi connectivity index (χ4n) is 1.48. The van der Waals surface area contributed by atoms with Crippen LogP contribution in [0.4, 0.5) is 0 Å². The highest BCUT2D eigenvalue weighted by Crippen LogP contribution is 2.11. The predicted molar refractivity (Wildman–Crippen MR) is 59.9 cm³/mol. The molecular weight excluding hydrogens is 208 g/mol. The zero-order chi connectivity index (χ0) is 12.0. The molecule has 0 aromatic rings. The number of hydrazone groups is 1. The van der Waals surface area contributed by atoms with Gasteiger partial charge in [-0.1, -0.05) is 19.8 Å². The Labute approximate surface area is 95.4 Å². The van der Waals surface area contributed by atoms with Gasteiger partial charge in [-0.25, -0.2) is 9.80 Å². The average molecular weight is 226 g/mol. The van der Waals surface area contributed by atoms with Crippen LogP contribution in [-0.2, 0) is 14.3 Å². The molecule has 0 aromatic heterocycles. The van der Waals surface area contributed by atoms with Crippen molar-refractivity contribution in [3.05, 3.63) is 0 Å². The fourth-order valence-corrected chi connectivity index (χ4v) is 1.48. The molecule has 0 spiro atoms. The molecule has 0 unspecified atom stereocenters. The summed E-state index contributed by atoms with van der Waals surface area (Å²) in [4.78, 5) is 22.8. The van der Waals surface area contributed by atoms with Gasteiger partial charge < -0.3 is 4.74 Å². The Bertz CT molecular complexity index is 300. The lowest BCUT2D eigenvalue weighted by Crippen LogP contribution is -2.21. The molecule has 0 bridgehead atoms. The molecule has 5 heteroatoms. The van der Waals surface area contributed by atoms with Crippen LogP contribution in [-0.4, -0.2) is 35.7 Å². The Morgan fingerprint density at radius 3 is 2.81 bits per heavy atom. The van der Waals surface area contributed by atoms with Crippen LogP contribution < -0.4 is 0 Å². The number of amides is 1. The summed E-state index contributed by atoms with van der Waals surface area (Å²) in [5, 5.41) is 5.36. The van der Waals surface area contributed by atoms with E-state index in [2.05, 4.69) is 12.0 Å². The van der Waals surface area contributed by atoms with Gasteiger partial charge in [-0.15, -0.1) is 0 Å². The highest BCUT2D eigenvalue weighted by molar-refractivity contribution is 6.41. The van der Waals surface area contributed by atoms with Gasteiger partial charge in [0.25, 0.3) is 0 Å². The molecule has 1 rings (SSSR count). The molecule has 0 saturated carbocycles. The van der Waals surface area contributed by atoms with E-state index in [9.17, 15) is 9.59 Å². The lowest BCUT2D eigenvalue weighted by atomic mass is 10.2.